The summed E-state index contributed by atoms with van der Waals surface area (Å²) < 4.78 is 5.85. The molecule has 2 N–H and O–H groups in total. The van der Waals surface area contributed by atoms with Gasteiger partial charge in [0.1, 0.15) is 76.0 Å². The fourth-order valence-electron chi connectivity index (χ4n) is 9.70. The SMILES string of the molecule is N#C/C(=C\c1cccc(C#CCn2cccn2)n1)C(=O)NC1(c2ccccc2)CCCC1.N#C/C(=C\c1cccc(C#CCn2cccn2)n1)C(=O)NC1(c2ccccc2)CCCC1.O=Cc1cccc(Br)n1.O=Cc1cccc(C#CCn2cccn2)n1. The average Bonchev–Trinajstić information content (AvgIpc) is 2.43. The summed E-state index contributed by atoms with van der Waals surface area (Å²) in [5.41, 5.74) is 4.97. The number of hydrogen-bond acceptors (Lipinski definition) is 13. The number of aromatic nitrogens is 10. The van der Waals surface area contributed by atoms with Gasteiger partial charge >= 0.3 is 0 Å². The molecule has 89 heavy (non-hydrogen) atoms. The van der Waals surface area contributed by atoms with E-state index in [0.717, 1.165) is 62.5 Å². The Morgan fingerprint density at radius 3 is 1.13 bits per heavy atom. The summed E-state index contributed by atoms with van der Waals surface area (Å²) in [6.45, 7) is 1.43. The maximum atomic E-state index is 13.0. The highest BCUT2D eigenvalue weighted by molar-refractivity contribution is 9.10. The van der Waals surface area contributed by atoms with Crippen LogP contribution in [0.1, 0.15) is 112 Å². The minimum Gasteiger partial charge on any atom is -0.342 e. The predicted octanol–water partition coefficient (Wildman–Crippen LogP) is 10.4. The second-order valence-corrected chi connectivity index (χ2v) is 20.9. The van der Waals surface area contributed by atoms with Gasteiger partial charge in [0, 0.05) is 37.2 Å². The molecule has 0 aliphatic heterocycles. The molecule has 7 heterocycles. The number of nitrogens with one attached hydrogen (secondary N) is 2. The molecule has 2 amide bonds. The lowest BCUT2D eigenvalue weighted by Crippen LogP contribution is -2.44. The van der Waals surface area contributed by atoms with Crippen LogP contribution in [0.4, 0.5) is 0 Å². The van der Waals surface area contributed by atoms with Crippen LogP contribution in [0, 0.1) is 58.2 Å². The van der Waals surface area contributed by atoms with Crippen molar-refractivity contribution >= 4 is 52.5 Å². The minimum atomic E-state index is -0.429. The van der Waals surface area contributed by atoms with Crippen LogP contribution in [0.15, 0.2) is 205 Å². The van der Waals surface area contributed by atoms with Crippen molar-refractivity contribution in [2.45, 2.75) is 82.1 Å². The van der Waals surface area contributed by atoms with Crippen LogP contribution in [-0.4, -0.2) is 73.7 Å². The fourth-order valence-corrected chi connectivity index (χ4v) is 10.1. The van der Waals surface area contributed by atoms with E-state index in [9.17, 15) is 29.7 Å². The molecule has 7 aromatic heterocycles. The summed E-state index contributed by atoms with van der Waals surface area (Å²) in [6.07, 6.45) is 22.7. The fraction of sp³-hybridized carbons (Fsp3) is 0.186. The van der Waals surface area contributed by atoms with Gasteiger partial charge in [0.15, 0.2) is 12.6 Å². The number of hydrogen-bond donors (Lipinski definition) is 2. The van der Waals surface area contributed by atoms with E-state index < -0.39 is 11.1 Å². The number of pyridine rings is 4. The summed E-state index contributed by atoms with van der Waals surface area (Å²) in [7, 11) is 0. The molecule has 0 atom stereocenters. The average molecular weight is 1240 g/mol. The van der Waals surface area contributed by atoms with Crippen LogP contribution in [-0.2, 0) is 40.3 Å². The van der Waals surface area contributed by atoms with Crippen molar-refractivity contribution in [3.05, 3.63) is 256 Å². The van der Waals surface area contributed by atoms with Crippen molar-refractivity contribution in [1.82, 2.24) is 59.9 Å². The Balaban J connectivity index is 0.000000168. The Kier molecular flexibility index (Phi) is 23.8. The molecule has 0 bridgehead atoms. The van der Waals surface area contributed by atoms with Gasteiger partial charge in [-0.05, 0) is 149 Å². The highest BCUT2D eigenvalue weighted by atomic mass is 79.9. The Bertz CT molecular complexity index is 3970. The van der Waals surface area contributed by atoms with Crippen LogP contribution < -0.4 is 10.6 Å². The van der Waals surface area contributed by atoms with Crippen molar-refractivity contribution in [3.8, 4) is 47.7 Å². The molecule has 0 saturated heterocycles. The van der Waals surface area contributed by atoms with Gasteiger partial charge in [-0.3, -0.25) is 33.2 Å². The monoisotopic (exact) mass is 1240 g/mol. The van der Waals surface area contributed by atoms with Crippen molar-refractivity contribution in [1.29, 1.82) is 10.5 Å². The first-order chi connectivity index (χ1) is 43.6. The highest BCUT2D eigenvalue weighted by Crippen LogP contribution is 2.40. The molecule has 2 saturated carbocycles. The van der Waals surface area contributed by atoms with E-state index in [1.54, 1.807) is 93.3 Å². The van der Waals surface area contributed by atoms with E-state index in [2.05, 4.69) is 97.3 Å². The molecule has 2 aromatic carbocycles. The Morgan fingerprint density at radius 1 is 0.461 bits per heavy atom. The van der Waals surface area contributed by atoms with E-state index in [0.29, 0.717) is 76.7 Å². The lowest BCUT2D eigenvalue weighted by Gasteiger charge is -2.31. The molecule has 19 heteroatoms. The standard InChI is InChI=1S/2C26H23N5O.C12H9N3O.C6H4BrNO/c2*27-20-21(25(32)30-26(14-4-5-15-26)22-9-2-1-3-10-22)19-24-12-6-11-23(29-24)13-7-17-31-18-8-16-28-31;16-10-12-5-1-4-11(14-12)6-2-8-15-9-3-7-13-15;7-6-3-1-2-5(4-9)8-6/h2*1-3,6,8-12,16,18-19H,4-5,14-15,17H2,(H,30,32);1,3-5,7,9-10H,8H2;1-4H/b2*21-19+;;. The number of nitriles is 2. The topological polar surface area (TPSA) is 245 Å². The van der Waals surface area contributed by atoms with Gasteiger partial charge in [0.25, 0.3) is 11.8 Å². The van der Waals surface area contributed by atoms with Gasteiger partial charge in [-0.2, -0.15) is 25.8 Å². The number of rotatable bonds is 13. The first-order valence-corrected chi connectivity index (χ1v) is 29.2. The number of halogens is 1. The van der Waals surface area contributed by atoms with Gasteiger partial charge in [-0.15, -0.1) is 0 Å². The normalized spacial score (nSPS) is 13.2. The van der Waals surface area contributed by atoms with Gasteiger partial charge in [0.05, 0.1) is 22.5 Å². The van der Waals surface area contributed by atoms with Crippen LogP contribution in [0.5, 0.6) is 0 Å². The predicted molar refractivity (Wildman–Crippen MR) is 339 cm³/mol. The molecule has 0 spiro atoms. The minimum absolute atomic E-state index is 0.0290. The first kappa shape index (κ1) is 63.6. The van der Waals surface area contributed by atoms with Gasteiger partial charge in [0.2, 0.25) is 0 Å². The molecule has 2 fully saturated rings. The summed E-state index contributed by atoms with van der Waals surface area (Å²) in [5.74, 6) is 17.1. The number of aldehydes is 2. The molecule has 18 nitrogen and oxygen atoms in total. The summed E-state index contributed by atoms with van der Waals surface area (Å²) in [4.78, 5) is 63.4. The molecule has 9 aromatic rings. The third-order valence-corrected chi connectivity index (χ3v) is 14.4. The van der Waals surface area contributed by atoms with E-state index in [4.69, 9.17) is 0 Å². The summed E-state index contributed by atoms with van der Waals surface area (Å²) >= 11 is 3.13. The molecule has 2 aliphatic carbocycles. The number of carbonyl (C=O) groups is 4. The number of benzene rings is 2. The largest absolute Gasteiger partial charge is 0.342 e. The Labute approximate surface area is 524 Å². The molecule has 2 aliphatic rings. The van der Waals surface area contributed by atoms with E-state index in [-0.39, 0.29) is 23.0 Å². The van der Waals surface area contributed by atoms with Gasteiger partial charge in [-0.1, -0.05) is 128 Å². The van der Waals surface area contributed by atoms with Crippen molar-refractivity contribution in [3.63, 3.8) is 0 Å². The van der Waals surface area contributed by atoms with Crippen LogP contribution in [0.2, 0.25) is 0 Å². The quantitative estimate of drug-likeness (QED) is 0.0359. The van der Waals surface area contributed by atoms with E-state index in [1.807, 2.05) is 122 Å². The van der Waals surface area contributed by atoms with Crippen LogP contribution >= 0.6 is 15.9 Å². The summed E-state index contributed by atoms with van der Waals surface area (Å²) in [5, 5.41) is 37.8. The highest BCUT2D eigenvalue weighted by Gasteiger charge is 2.38. The zero-order valence-corrected chi connectivity index (χ0v) is 49.9. The number of nitrogens with zero attached hydrogens (tertiary/aromatic N) is 12. The Hall–Kier alpha value is -11.4. The van der Waals surface area contributed by atoms with Crippen LogP contribution in [0.3, 0.4) is 0 Å². The third-order valence-electron chi connectivity index (χ3n) is 13.9. The van der Waals surface area contributed by atoms with Gasteiger partial charge in [-0.25, -0.2) is 19.9 Å². The second-order valence-electron chi connectivity index (χ2n) is 20.0. The lowest BCUT2D eigenvalue weighted by molar-refractivity contribution is -0.119. The van der Waals surface area contributed by atoms with Gasteiger partial charge < -0.3 is 10.6 Å². The van der Waals surface area contributed by atoms with Crippen LogP contribution in [0.25, 0.3) is 12.2 Å². The second kappa shape index (κ2) is 33.3. The first-order valence-electron chi connectivity index (χ1n) is 28.4. The molecule has 11 rings (SSSR count). The van der Waals surface area contributed by atoms with Crippen molar-refractivity contribution in [2.75, 3.05) is 0 Å². The summed E-state index contributed by atoms with van der Waals surface area (Å²) in [6, 6.07) is 50.7. The molecule has 0 radical (unpaired) electrons. The maximum Gasteiger partial charge on any atom is 0.262 e. The number of amides is 2. The van der Waals surface area contributed by atoms with Crippen molar-refractivity contribution < 1.29 is 19.2 Å². The smallest absolute Gasteiger partial charge is 0.262 e. The zero-order chi connectivity index (χ0) is 62.4. The maximum absolute atomic E-state index is 13.0. The molecule has 440 valence electrons. The zero-order valence-electron chi connectivity index (χ0n) is 48.4. The third kappa shape index (κ3) is 19.6. The number of carbonyl (C=O) groups excluding carboxylic acids is 4. The Morgan fingerprint density at radius 2 is 0.809 bits per heavy atom. The molecular formula is C70H59BrN14O4. The molecule has 0 unspecified atom stereocenters. The van der Waals surface area contributed by atoms with E-state index >= 15 is 0 Å². The van der Waals surface area contributed by atoms with Crippen molar-refractivity contribution in [2.24, 2.45) is 0 Å². The molecular weight excluding hydrogens is 1180 g/mol. The van der Waals surface area contributed by atoms with E-state index in [1.165, 1.54) is 12.2 Å². The lowest BCUT2D eigenvalue weighted by atomic mass is 9.88.